The Labute approximate surface area is 185 Å². The Balaban J connectivity index is 1.95. The van der Waals surface area contributed by atoms with E-state index in [1.807, 2.05) is 27.7 Å². The zero-order valence-corrected chi connectivity index (χ0v) is 19.7. The molecule has 2 rings (SSSR count). The van der Waals surface area contributed by atoms with Gasteiger partial charge in [0, 0.05) is 24.7 Å². The normalized spacial score (nSPS) is 16.2. The summed E-state index contributed by atoms with van der Waals surface area (Å²) in [5.41, 5.74) is 0.464. The summed E-state index contributed by atoms with van der Waals surface area (Å²) in [7, 11) is -3.27. The number of sulfonamides is 1. The molecule has 1 heterocycles. The number of likely N-dealkylation sites (tertiary alicyclic amines) is 1. The van der Waals surface area contributed by atoms with E-state index in [2.05, 4.69) is 10.0 Å². The molecule has 1 aromatic rings. The minimum atomic E-state index is -3.27. The van der Waals surface area contributed by atoms with Crippen molar-refractivity contribution in [3.8, 4) is 5.75 Å². The van der Waals surface area contributed by atoms with Crippen LogP contribution in [-0.4, -0.2) is 62.7 Å². The average Bonchev–Trinajstić information content (AvgIpc) is 2.72. The van der Waals surface area contributed by atoms with E-state index in [9.17, 15) is 18.0 Å². The molecule has 0 saturated carbocycles. The van der Waals surface area contributed by atoms with Crippen LogP contribution in [0.5, 0.6) is 5.75 Å². The Morgan fingerprint density at radius 1 is 1.13 bits per heavy atom. The van der Waals surface area contributed by atoms with Gasteiger partial charge in [-0.25, -0.2) is 13.1 Å². The van der Waals surface area contributed by atoms with Gasteiger partial charge in [0.25, 0.3) is 5.91 Å². The third-order valence-corrected chi connectivity index (χ3v) is 6.91. The number of carbonyl (C=O) groups is 2. The monoisotopic (exact) mass is 453 g/mol. The molecule has 1 aromatic carbocycles. The van der Waals surface area contributed by atoms with Gasteiger partial charge < -0.3 is 15.0 Å². The zero-order valence-electron chi connectivity index (χ0n) is 18.9. The van der Waals surface area contributed by atoms with Crippen LogP contribution in [0.4, 0.5) is 0 Å². The quantitative estimate of drug-likeness (QED) is 0.565. The molecule has 0 radical (unpaired) electrons. The number of carbonyl (C=O) groups excluding carboxylic acids is 2. The molecule has 9 heteroatoms. The molecule has 8 nitrogen and oxygen atoms in total. The van der Waals surface area contributed by atoms with Gasteiger partial charge in [-0.15, -0.1) is 0 Å². The van der Waals surface area contributed by atoms with Gasteiger partial charge in [0.1, 0.15) is 11.8 Å². The number of ether oxygens (including phenoxy) is 1. The smallest absolute Gasteiger partial charge is 0.251 e. The maximum Gasteiger partial charge on any atom is 0.251 e. The highest BCUT2D eigenvalue weighted by Crippen LogP contribution is 2.17. The fourth-order valence-electron chi connectivity index (χ4n) is 3.60. The van der Waals surface area contributed by atoms with Crippen molar-refractivity contribution in [2.75, 3.05) is 25.4 Å². The highest BCUT2D eigenvalue weighted by Gasteiger charge is 2.32. The molecule has 174 valence electrons. The van der Waals surface area contributed by atoms with Crippen LogP contribution in [0.2, 0.25) is 0 Å². The lowest BCUT2D eigenvalue weighted by molar-refractivity contribution is -0.135. The van der Waals surface area contributed by atoms with Gasteiger partial charge in [-0.3, -0.25) is 9.59 Å². The van der Waals surface area contributed by atoms with Gasteiger partial charge in [-0.1, -0.05) is 20.8 Å². The van der Waals surface area contributed by atoms with E-state index in [1.165, 1.54) is 0 Å². The molecule has 1 atom stereocenters. The van der Waals surface area contributed by atoms with Gasteiger partial charge in [0.2, 0.25) is 15.9 Å². The number of rotatable bonds is 10. The van der Waals surface area contributed by atoms with Gasteiger partial charge in [0.15, 0.2) is 0 Å². The summed E-state index contributed by atoms with van der Waals surface area (Å²) < 4.78 is 32.1. The number of nitrogens with zero attached hydrogens (tertiary/aromatic N) is 1. The lowest BCUT2D eigenvalue weighted by Crippen LogP contribution is -2.54. The maximum atomic E-state index is 13.1. The van der Waals surface area contributed by atoms with E-state index in [-0.39, 0.29) is 29.5 Å². The van der Waals surface area contributed by atoms with Crippen molar-refractivity contribution in [3.63, 3.8) is 0 Å². The van der Waals surface area contributed by atoms with Crippen LogP contribution in [0, 0.1) is 5.92 Å². The molecule has 0 bridgehead atoms. The third kappa shape index (κ3) is 7.50. The van der Waals surface area contributed by atoms with Gasteiger partial charge >= 0.3 is 0 Å². The van der Waals surface area contributed by atoms with Crippen molar-refractivity contribution in [1.82, 2.24) is 14.9 Å². The number of nitrogens with one attached hydrogen (secondary N) is 2. The Hall–Kier alpha value is -2.13. The van der Waals surface area contributed by atoms with Crippen molar-refractivity contribution < 1.29 is 22.7 Å². The van der Waals surface area contributed by atoms with E-state index in [1.54, 1.807) is 29.2 Å². The largest absolute Gasteiger partial charge is 0.494 e. The van der Waals surface area contributed by atoms with Crippen molar-refractivity contribution in [2.45, 2.75) is 59.0 Å². The van der Waals surface area contributed by atoms with Crippen LogP contribution < -0.4 is 14.8 Å². The number of benzene rings is 1. The van der Waals surface area contributed by atoms with Crippen LogP contribution in [0.3, 0.4) is 0 Å². The first-order valence-electron chi connectivity index (χ1n) is 11.0. The lowest BCUT2D eigenvalue weighted by Gasteiger charge is -2.35. The Bertz CT molecular complexity index is 831. The summed E-state index contributed by atoms with van der Waals surface area (Å²) in [4.78, 5) is 27.5. The lowest BCUT2D eigenvalue weighted by atomic mass is 9.99. The van der Waals surface area contributed by atoms with Gasteiger partial charge in [-0.2, -0.15) is 0 Å². The van der Waals surface area contributed by atoms with E-state index in [0.717, 1.165) is 0 Å². The molecule has 2 N–H and O–H groups in total. The van der Waals surface area contributed by atoms with Gasteiger partial charge in [0.05, 0.1) is 12.4 Å². The van der Waals surface area contributed by atoms with Crippen molar-refractivity contribution in [2.24, 2.45) is 5.92 Å². The third-order valence-electron chi connectivity index (χ3n) is 5.27. The maximum absolute atomic E-state index is 13.1. The van der Waals surface area contributed by atoms with Crippen molar-refractivity contribution in [1.29, 1.82) is 0 Å². The van der Waals surface area contributed by atoms with Gasteiger partial charge in [-0.05, 0) is 56.4 Å². The van der Waals surface area contributed by atoms with E-state index < -0.39 is 16.1 Å². The average molecular weight is 454 g/mol. The molecule has 1 unspecified atom stereocenters. The summed E-state index contributed by atoms with van der Waals surface area (Å²) in [6, 6.07) is 6.01. The summed E-state index contributed by atoms with van der Waals surface area (Å²) in [5, 5.41) is 2.87. The first-order valence-corrected chi connectivity index (χ1v) is 12.6. The Morgan fingerprint density at radius 2 is 1.74 bits per heavy atom. The van der Waals surface area contributed by atoms with Crippen LogP contribution in [0.15, 0.2) is 24.3 Å². The minimum absolute atomic E-state index is 0.0834. The molecule has 2 amide bonds. The summed E-state index contributed by atoms with van der Waals surface area (Å²) >= 11 is 0. The highest BCUT2D eigenvalue weighted by atomic mass is 32.2. The number of hydrogen-bond donors (Lipinski definition) is 2. The molecule has 0 aliphatic carbocycles. The molecule has 0 aromatic heterocycles. The molecule has 31 heavy (non-hydrogen) atoms. The molecule has 1 fully saturated rings. The molecular weight excluding hydrogens is 418 g/mol. The molecule has 1 saturated heterocycles. The van der Waals surface area contributed by atoms with Crippen molar-refractivity contribution >= 4 is 21.8 Å². The summed E-state index contributed by atoms with van der Waals surface area (Å²) in [6.45, 7) is 8.97. The highest BCUT2D eigenvalue weighted by molar-refractivity contribution is 7.89. The Kier molecular flexibility index (Phi) is 9.31. The first kappa shape index (κ1) is 25.1. The van der Waals surface area contributed by atoms with Crippen molar-refractivity contribution in [3.05, 3.63) is 29.8 Å². The number of hydrogen-bond acceptors (Lipinski definition) is 5. The predicted molar refractivity (Wildman–Crippen MR) is 121 cm³/mol. The standard InChI is InChI=1S/C22H35N3O5S/c1-5-15-31(28,29)24-18-11-13-25(14-12-18)22(27)20(16(3)4)23-21(26)17-7-9-19(10-8-17)30-6-2/h7-10,16,18,20,24H,5-6,11-15H2,1-4H3,(H,23,26). The SMILES string of the molecule is CCCS(=O)(=O)NC1CCN(C(=O)C(NC(=O)c2ccc(OCC)cc2)C(C)C)CC1. The zero-order chi connectivity index (χ0) is 23.0. The second-order valence-electron chi connectivity index (χ2n) is 8.19. The van der Waals surface area contributed by atoms with E-state index >= 15 is 0 Å². The second kappa shape index (κ2) is 11.5. The number of amides is 2. The molecule has 1 aliphatic rings. The summed E-state index contributed by atoms with van der Waals surface area (Å²) in [6.07, 6.45) is 1.69. The Morgan fingerprint density at radius 3 is 2.26 bits per heavy atom. The summed E-state index contributed by atoms with van der Waals surface area (Å²) in [5.74, 6) is 0.272. The topological polar surface area (TPSA) is 105 Å². The second-order valence-corrected chi connectivity index (χ2v) is 10.1. The minimum Gasteiger partial charge on any atom is -0.494 e. The van der Waals surface area contributed by atoms with Crippen LogP contribution in [-0.2, 0) is 14.8 Å². The predicted octanol–water partition coefficient (Wildman–Crippen LogP) is 2.16. The number of piperidine rings is 1. The van der Waals surface area contributed by atoms with Crippen LogP contribution in [0.25, 0.3) is 0 Å². The van der Waals surface area contributed by atoms with Crippen LogP contribution >= 0.6 is 0 Å². The molecule has 1 aliphatic heterocycles. The first-order chi connectivity index (χ1) is 14.7. The fraction of sp³-hybridized carbons (Fsp3) is 0.636. The van der Waals surface area contributed by atoms with Crippen LogP contribution in [0.1, 0.15) is 57.3 Å². The fourth-order valence-corrected chi connectivity index (χ4v) is 5.00. The van der Waals surface area contributed by atoms with E-state index in [4.69, 9.17) is 4.74 Å². The molecular formula is C22H35N3O5S. The molecule has 0 spiro atoms. The van der Waals surface area contributed by atoms with E-state index in [0.29, 0.717) is 50.3 Å².